The highest BCUT2D eigenvalue weighted by molar-refractivity contribution is 5.91. The molecule has 0 aliphatic heterocycles. The van der Waals surface area contributed by atoms with E-state index in [-0.39, 0.29) is 5.82 Å². The maximum atomic E-state index is 13.1. The van der Waals surface area contributed by atoms with Gasteiger partial charge >= 0.3 is 5.97 Å². The van der Waals surface area contributed by atoms with Crippen LogP contribution in [-0.2, 0) is 22.7 Å². The maximum Gasteiger partial charge on any atom is 0.336 e. The van der Waals surface area contributed by atoms with E-state index in [0.717, 1.165) is 24.0 Å². The average Bonchev–Trinajstić information content (AvgIpc) is 3.29. The van der Waals surface area contributed by atoms with Crippen LogP contribution in [0.1, 0.15) is 52.9 Å². The number of benzene rings is 2. The van der Waals surface area contributed by atoms with E-state index in [2.05, 4.69) is 4.98 Å². The van der Waals surface area contributed by atoms with Crippen LogP contribution in [0.5, 0.6) is 0 Å². The summed E-state index contributed by atoms with van der Waals surface area (Å²) in [6, 6.07) is 11.5. The molecule has 2 atom stereocenters. The number of carbonyl (C=O) groups is 1. The number of aromatic carboxylic acids is 1. The molecule has 6 nitrogen and oxygen atoms in total. The van der Waals surface area contributed by atoms with Crippen molar-refractivity contribution in [2.75, 3.05) is 13.2 Å². The van der Waals surface area contributed by atoms with Gasteiger partial charge in [0.05, 0.1) is 32.0 Å². The predicted octanol–water partition coefficient (Wildman–Crippen LogP) is 6.03. The van der Waals surface area contributed by atoms with Crippen molar-refractivity contribution in [3.05, 3.63) is 76.9 Å². The summed E-state index contributed by atoms with van der Waals surface area (Å²) in [6.45, 7) is 3.63. The molecule has 0 saturated heterocycles. The first-order chi connectivity index (χ1) is 16.5. The predicted molar refractivity (Wildman–Crippen MR) is 125 cm³/mol. The normalized spacial score (nSPS) is 18.2. The van der Waals surface area contributed by atoms with Gasteiger partial charge in [0.1, 0.15) is 17.8 Å². The lowest BCUT2D eigenvalue weighted by Gasteiger charge is -2.31. The Morgan fingerprint density at radius 3 is 2.41 bits per heavy atom. The smallest absolute Gasteiger partial charge is 0.336 e. The van der Waals surface area contributed by atoms with E-state index in [0.29, 0.717) is 61.0 Å². The number of hydrogen-bond donors (Lipinski definition) is 1. The number of carboxylic acid groups (broad SMARTS) is 1. The van der Waals surface area contributed by atoms with Crippen LogP contribution >= 0.6 is 0 Å². The van der Waals surface area contributed by atoms with E-state index >= 15 is 0 Å². The van der Waals surface area contributed by atoms with Gasteiger partial charge in [-0.1, -0.05) is 31.0 Å². The number of halogens is 1. The second kappa shape index (κ2) is 11.4. The van der Waals surface area contributed by atoms with Crippen LogP contribution in [0.2, 0.25) is 0 Å². The van der Waals surface area contributed by atoms with Crippen molar-refractivity contribution >= 4 is 5.97 Å². The molecule has 0 bridgehead atoms. The fraction of sp³-hybridized carbons (Fsp3) is 0.407. The molecular weight excluding hydrogens is 437 g/mol. The van der Waals surface area contributed by atoms with Crippen LogP contribution < -0.4 is 0 Å². The Kier molecular flexibility index (Phi) is 8.08. The summed E-state index contributed by atoms with van der Waals surface area (Å²) in [7, 11) is 0. The second-order valence-corrected chi connectivity index (χ2v) is 8.90. The lowest BCUT2D eigenvalue weighted by molar-refractivity contribution is 0.00376. The standard InChI is InChI=1S/C27H30FNO5/c1-18-5-4-8-22(25(18)27(30)31)15-32-13-20-6-2-3-7-21(20)14-33-16-24-17-34-26(29-24)19-9-11-23(28)12-10-19/h4-5,8-12,17,20-21H,2-3,6-7,13-16H2,1H3,(H,30,31). The molecule has 34 heavy (non-hydrogen) atoms. The first-order valence-corrected chi connectivity index (χ1v) is 11.7. The highest BCUT2D eigenvalue weighted by atomic mass is 19.1. The molecule has 2 unspecified atom stereocenters. The van der Waals surface area contributed by atoms with Gasteiger partial charge in [-0.2, -0.15) is 0 Å². The molecular formula is C27H30FNO5. The minimum atomic E-state index is -0.920. The average molecular weight is 468 g/mol. The zero-order valence-corrected chi connectivity index (χ0v) is 19.3. The largest absolute Gasteiger partial charge is 0.478 e. The van der Waals surface area contributed by atoms with Crippen LogP contribution in [0.25, 0.3) is 11.5 Å². The number of aromatic nitrogens is 1. The SMILES string of the molecule is Cc1cccc(COCC2CCCCC2COCc2coc(-c3ccc(F)cc3)n2)c1C(=O)O. The number of aryl methyl sites for hydroxylation is 1. The van der Waals surface area contributed by atoms with E-state index < -0.39 is 5.97 Å². The number of ether oxygens (including phenoxy) is 2. The molecule has 1 N–H and O–H groups in total. The minimum absolute atomic E-state index is 0.290. The Labute approximate surface area is 198 Å². The van der Waals surface area contributed by atoms with Crippen molar-refractivity contribution in [1.29, 1.82) is 0 Å². The topological polar surface area (TPSA) is 81.8 Å². The molecule has 0 amide bonds. The Morgan fingerprint density at radius 1 is 1.06 bits per heavy atom. The van der Waals surface area contributed by atoms with Crippen LogP contribution in [0, 0.1) is 24.6 Å². The van der Waals surface area contributed by atoms with Crippen molar-refractivity contribution in [2.24, 2.45) is 11.8 Å². The molecule has 4 rings (SSSR count). The van der Waals surface area contributed by atoms with Crippen molar-refractivity contribution in [2.45, 2.75) is 45.8 Å². The van der Waals surface area contributed by atoms with Crippen molar-refractivity contribution in [3.63, 3.8) is 0 Å². The second-order valence-electron chi connectivity index (χ2n) is 8.90. The summed E-state index contributed by atoms with van der Waals surface area (Å²) >= 11 is 0. The third-order valence-corrected chi connectivity index (χ3v) is 6.45. The van der Waals surface area contributed by atoms with Crippen LogP contribution in [-0.4, -0.2) is 29.3 Å². The Balaban J connectivity index is 1.27. The first-order valence-electron chi connectivity index (χ1n) is 11.7. The van der Waals surface area contributed by atoms with Crippen LogP contribution in [0.15, 0.2) is 53.1 Å². The molecule has 1 aliphatic carbocycles. The number of carboxylic acids is 1. The molecule has 2 aromatic carbocycles. The van der Waals surface area contributed by atoms with E-state index in [1.54, 1.807) is 31.4 Å². The number of rotatable bonds is 10. The van der Waals surface area contributed by atoms with E-state index in [1.807, 2.05) is 12.1 Å². The summed E-state index contributed by atoms with van der Waals surface area (Å²) in [5, 5.41) is 9.51. The molecule has 0 radical (unpaired) electrons. The Bertz CT molecular complexity index is 1090. The molecule has 1 saturated carbocycles. The highest BCUT2D eigenvalue weighted by Crippen LogP contribution is 2.31. The van der Waals surface area contributed by atoms with Crippen molar-refractivity contribution < 1.29 is 28.2 Å². The Morgan fingerprint density at radius 2 is 1.74 bits per heavy atom. The molecule has 7 heteroatoms. The maximum absolute atomic E-state index is 13.1. The number of hydrogen-bond acceptors (Lipinski definition) is 5. The number of nitrogens with zero attached hydrogens (tertiary/aromatic N) is 1. The summed E-state index contributed by atoms with van der Waals surface area (Å²) in [5.74, 6) is -0.0193. The van der Waals surface area contributed by atoms with Gasteiger partial charge in [-0.25, -0.2) is 14.2 Å². The van der Waals surface area contributed by atoms with Crippen molar-refractivity contribution in [3.8, 4) is 11.5 Å². The fourth-order valence-electron chi connectivity index (χ4n) is 4.61. The van der Waals surface area contributed by atoms with Gasteiger partial charge in [0.2, 0.25) is 5.89 Å². The fourth-order valence-corrected chi connectivity index (χ4v) is 4.61. The molecule has 1 fully saturated rings. The van der Waals surface area contributed by atoms with Gasteiger partial charge in [-0.05, 0) is 67.0 Å². The molecule has 1 aliphatic rings. The third-order valence-electron chi connectivity index (χ3n) is 6.45. The first kappa shape index (κ1) is 24.1. The Hall–Kier alpha value is -3.03. The van der Waals surface area contributed by atoms with E-state index in [1.165, 1.54) is 25.0 Å². The van der Waals surface area contributed by atoms with Gasteiger partial charge < -0.3 is 19.0 Å². The van der Waals surface area contributed by atoms with Crippen LogP contribution in [0.3, 0.4) is 0 Å². The van der Waals surface area contributed by atoms with E-state index in [4.69, 9.17) is 13.9 Å². The minimum Gasteiger partial charge on any atom is -0.478 e. The third kappa shape index (κ3) is 6.10. The van der Waals surface area contributed by atoms with Gasteiger partial charge in [0.15, 0.2) is 0 Å². The summed E-state index contributed by atoms with van der Waals surface area (Å²) < 4.78 is 30.6. The summed E-state index contributed by atoms with van der Waals surface area (Å²) in [4.78, 5) is 16.0. The van der Waals surface area contributed by atoms with Crippen molar-refractivity contribution in [1.82, 2.24) is 4.98 Å². The van der Waals surface area contributed by atoms with Gasteiger partial charge in [0.25, 0.3) is 0 Å². The molecule has 1 aromatic heterocycles. The lowest BCUT2D eigenvalue weighted by atomic mass is 9.80. The highest BCUT2D eigenvalue weighted by Gasteiger charge is 2.26. The van der Waals surface area contributed by atoms with E-state index in [9.17, 15) is 14.3 Å². The molecule has 1 heterocycles. The number of oxazole rings is 1. The lowest BCUT2D eigenvalue weighted by Crippen LogP contribution is -2.27. The zero-order chi connectivity index (χ0) is 23.9. The van der Waals surface area contributed by atoms with Gasteiger partial charge in [0, 0.05) is 5.56 Å². The quantitative estimate of drug-likeness (QED) is 0.392. The molecule has 0 spiro atoms. The monoisotopic (exact) mass is 467 g/mol. The van der Waals surface area contributed by atoms with Gasteiger partial charge in [-0.15, -0.1) is 0 Å². The molecule has 3 aromatic rings. The summed E-state index contributed by atoms with van der Waals surface area (Å²) in [6.07, 6.45) is 6.07. The zero-order valence-electron chi connectivity index (χ0n) is 19.3. The molecule has 180 valence electrons. The van der Waals surface area contributed by atoms with Gasteiger partial charge in [-0.3, -0.25) is 0 Å². The summed E-state index contributed by atoms with van der Waals surface area (Å²) in [5.41, 5.74) is 3.20. The van der Waals surface area contributed by atoms with Crippen LogP contribution in [0.4, 0.5) is 4.39 Å².